The van der Waals surface area contributed by atoms with Gasteiger partial charge < -0.3 is 15.1 Å². The summed E-state index contributed by atoms with van der Waals surface area (Å²) >= 11 is 1.90. The van der Waals surface area contributed by atoms with E-state index in [1.807, 2.05) is 22.6 Å². The normalized spacial score (nSPS) is 10.3. The number of nitrogens with zero attached hydrogens (tertiary/aromatic N) is 1. The van der Waals surface area contributed by atoms with Crippen LogP contribution in [0.5, 0.6) is 0 Å². The molecule has 0 rings (SSSR count). The summed E-state index contributed by atoms with van der Waals surface area (Å²) in [7, 11) is 0. The van der Waals surface area contributed by atoms with Crippen LogP contribution in [-0.4, -0.2) is 52.1 Å². The highest BCUT2D eigenvalue weighted by Gasteiger charge is 2.02. The Labute approximate surface area is 84.4 Å². The monoisotopic (exact) mass is 289 g/mol. The van der Waals surface area contributed by atoms with Crippen LogP contribution in [0.15, 0.2) is 0 Å². The van der Waals surface area contributed by atoms with E-state index in [-0.39, 0.29) is 32.3 Å². The Hall–Kier alpha value is 0.0800. The molecule has 0 radical (unpaired) electrons. The third kappa shape index (κ3) is 6.77. The second-order valence-electron chi connectivity index (χ2n) is 2.03. The van der Waals surface area contributed by atoms with Gasteiger partial charge in [-0.25, -0.2) is 0 Å². The highest BCUT2D eigenvalue weighted by Crippen LogP contribution is 1.87. The summed E-state index contributed by atoms with van der Waals surface area (Å²) < 4.78 is 4.99. The van der Waals surface area contributed by atoms with Crippen molar-refractivity contribution in [2.45, 2.75) is 0 Å². The number of hydroxylamine groups is 2. The summed E-state index contributed by atoms with van der Waals surface area (Å²) in [5.41, 5.74) is 0. The van der Waals surface area contributed by atoms with Crippen molar-refractivity contribution in [2.24, 2.45) is 0 Å². The van der Waals surface area contributed by atoms with E-state index >= 15 is 0 Å². The number of ether oxygens (including phenoxy) is 1. The SMILES string of the molecule is O=C(CI)OCCN(O)CCO. The van der Waals surface area contributed by atoms with Crippen molar-refractivity contribution in [3.8, 4) is 0 Å². The maximum atomic E-state index is 10.6. The molecule has 0 aliphatic rings. The standard InChI is InChI=1S/C6H12INO4/c7-5-6(10)12-4-2-8(11)1-3-9/h9,11H,1-5H2. The van der Waals surface area contributed by atoms with E-state index in [2.05, 4.69) is 4.74 Å². The second kappa shape index (κ2) is 7.71. The van der Waals surface area contributed by atoms with Gasteiger partial charge in [-0.2, -0.15) is 5.06 Å². The van der Waals surface area contributed by atoms with Gasteiger partial charge in [0.15, 0.2) is 0 Å². The number of rotatable bonds is 6. The summed E-state index contributed by atoms with van der Waals surface area (Å²) in [4.78, 5) is 10.6. The van der Waals surface area contributed by atoms with Gasteiger partial charge in [-0.15, -0.1) is 0 Å². The smallest absolute Gasteiger partial charge is 0.315 e. The van der Waals surface area contributed by atoms with Crippen molar-refractivity contribution in [1.82, 2.24) is 5.06 Å². The topological polar surface area (TPSA) is 70.0 Å². The average Bonchev–Trinajstić information content (AvgIpc) is 2.04. The quantitative estimate of drug-likeness (QED) is 0.303. The number of aliphatic hydroxyl groups is 1. The van der Waals surface area contributed by atoms with Crippen molar-refractivity contribution in [3.63, 3.8) is 0 Å². The lowest BCUT2D eigenvalue weighted by Gasteiger charge is -2.12. The first-order valence-electron chi connectivity index (χ1n) is 3.47. The number of esters is 1. The predicted molar refractivity (Wildman–Crippen MR) is 50.3 cm³/mol. The summed E-state index contributed by atoms with van der Waals surface area (Å²) in [6.45, 7) is 0.430. The summed E-state index contributed by atoms with van der Waals surface area (Å²) in [5.74, 6) is -0.298. The minimum Gasteiger partial charge on any atom is -0.464 e. The predicted octanol–water partition coefficient (Wildman–Crippen LogP) is -0.352. The zero-order valence-corrected chi connectivity index (χ0v) is 8.73. The molecule has 0 heterocycles. The van der Waals surface area contributed by atoms with E-state index in [0.717, 1.165) is 5.06 Å². The molecule has 5 nitrogen and oxygen atoms in total. The molecule has 0 fully saturated rings. The van der Waals surface area contributed by atoms with Crippen molar-refractivity contribution in [1.29, 1.82) is 0 Å². The fourth-order valence-corrected chi connectivity index (χ4v) is 0.751. The average molecular weight is 289 g/mol. The summed E-state index contributed by atoms with van der Waals surface area (Å²) in [6, 6.07) is 0. The molecule has 12 heavy (non-hydrogen) atoms. The van der Waals surface area contributed by atoms with Crippen LogP contribution in [0.1, 0.15) is 0 Å². The Morgan fingerprint density at radius 1 is 1.50 bits per heavy atom. The third-order valence-corrected chi connectivity index (χ3v) is 1.70. The molecule has 0 unspecified atom stereocenters. The molecule has 0 bridgehead atoms. The molecule has 6 heteroatoms. The first-order valence-corrected chi connectivity index (χ1v) is 4.99. The molecule has 0 saturated heterocycles. The molecule has 0 aromatic heterocycles. The molecule has 72 valence electrons. The Bertz CT molecular complexity index is 133. The molecule has 0 aromatic carbocycles. The van der Waals surface area contributed by atoms with E-state index in [1.54, 1.807) is 0 Å². The third-order valence-electron chi connectivity index (χ3n) is 1.08. The zero-order chi connectivity index (χ0) is 9.40. The Morgan fingerprint density at radius 3 is 2.67 bits per heavy atom. The number of alkyl halides is 1. The van der Waals surface area contributed by atoms with Gasteiger partial charge in [0.2, 0.25) is 0 Å². The van der Waals surface area contributed by atoms with Crippen LogP contribution in [0.3, 0.4) is 0 Å². The van der Waals surface area contributed by atoms with Crippen LogP contribution in [0.2, 0.25) is 0 Å². The molecule has 2 N–H and O–H groups in total. The maximum Gasteiger partial charge on any atom is 0.315 e. The fraction of sp³-hybridized carbons (Fsp3) is 0.833. The Morgan fingerprint density at radius 2 is 2.17 bits per heavy atom. The lowest BCUT2D eigenvalue weighted by molar-refractivity contribution is -0.146. The number of carbonyl (C=O) groups is 1. The molecule has 0 spiro atoms. The van der Waals surface area contributed by atoms with Crippen LogP contribution in [-0.2, 0) is 9.53 Å². The molecule has 0 aromatic rings. The highest BCUT2D eigenvalue weighted by molar-refractivity contribution is 14.1. The van der Waals surface area contributed by atoms with Crippen LogP contribution in [0.25, 0.3) is 0 Å². The maximum absolute atomic E-state index is 10.6. The van der Waals surface area contributed by atoms with Gasteiger partial charge in [0.1, 0.15) is 6.61 Å². The Kier molecular flexibility index (Phi) is 7.77. The number of hydrogen-bond donors (Lipinski definition) is 2. The van der Waals surface area contributed by atoms with E-state index < -0.39 is 0 Å². The fourth-order valence-electron chi connectivity index (χ4n) is 0.531. The largest absolute Gasteiger partial charge is 0.464 e. The van der Waals surface area contributed by atoms with Gasteiger partial charge in [-0.05, 0) is 0 Å². The molecule has 0 saturated carbocycles. The molecule has 0 amide bonds. The molecule has 0 aliphatic carbocycles. The number of carbonyl (C=O) groups excluding carboxylic acids is 1. The van der Waals surface area contributed by atoms with Crippen molar-refractivity contribution < 1.29 is 19.8 Å². The second-order valence-corrected chi connectivity index (χ2v) is 2.79. The first kappa shape index (κ1) is 12.1. The lowest BCUT2D eigenvalue weighted by atomic mass is 10.6. The van der Waals surface area contributed by atoms with E-state index in [9.17, 15) is 4.79 Å². The molecule has 0 aliphatic heterocycles. The summed E-state index contributed by atoms with van der Waals surface area (Å²) in [5, 5.41) is 18.2. The van der Waals surface area contributed by atoms with E-state index in [4.69, 9.17) is 10.3 Å². The number of aliphatic hydroxyl groups excluding tert-OH is 1. The van der Waals surface area contributed by atoms with E-state index in [1.165, 1.54) is 0 Å². The lowest BCUT2D eigenvalue weighted by Crippen LogP contribution is -2.27. The van der Waals surface area contributed by atoms with Crippen molar-refractivity contribution >= 4 is 28.6 Å². The van der Waals surface area contributed by atoms with Crippen molar-refractivity contribution in [2.75, 3.05) is 30.7 Å². The van der Waals surface area contributed by atoms with E-state index in [0.29, 0.717) is 4.43 Å². The molecular formula is C6H12INO4. The number of hydrogen-bond acceptors (Lipinski definition) is 5. The van der Waals surface area contributed by atoms with Gasteiger partial charge in [-0.1, -0.05) is 22.6 Å². The zero-order valence-electron chi connectivity index (χ0n) is 6.57. The first-order chi connectivity index (χ1) is 5.70. The van der Waals surface area contributed by atoms with Gasteiger partial charge in [-0.3, -0.25) is 4.79 Å². The molecule has 0 atom stereocenters. The van der Waals surface area contributed by atoms with Gasteiger partial charge in [0, 0.05) is 6.54 Å². The van der Waals surface area contributed by atoms with Crippen LogP contribution in [0, 0.1) is 0 Å². The highest BCUT2D eigenvalue weighted by atomic mass is 127. The Balaban J connectivity index is 3.24. The number of halogens is 1. The van der Waals surface area contributed by atoms with Gasteiger partial charge in [0.05, 0.1) is 17.6 Å². The van der Waals surface area contributed by atoms with Gasteiger partial charge in [0.25, 0.3) is 0 Å². The van der Waals surface area contributed by atoms with Crippen LogP contribution >= 0.6 is 22.6 Å². The molecular weight excluding hydrogens is 277 g/mol. The van der Waals surface area contributed by atoms with Gasteiger partial charge >= 0.3 is 5.97 Å². The summed E-state index contributed by atoms with van der Waals surface area (Å²) in [6.07, 6.45) is 0. The minimum atomic E-state index is -0.298. The van der Waals surface area contributed by atoms with Crippen LogP contribution in [0.4, 0.5) is 0 Å². The van der Waals surface area contributed by atoms with Crippen molar-refractivity contribution in [3.05, 3.63) is 0 Å². The van der Waals surface area contributed by atoms with Crippen LogP contribution < -0.4 is 0 Å². The minimum absolute atomic E-state index is 0.114.